The highest BCUT2D eigenvalue weighted by Crippen LogP contribution is 2.02. The average molecular weight is 170 g/mol. The number of hydrogen-bond donors (Lipinski definition) is 0. The molecular formula is C9H14O3. The molecule has 0 fully saturated rings. The van der Waals surface area contributed by atoms with E-state index in [0.29, 0.717) is 12.2 Å². The van der Waals surface area contributed by atoms with E-state index in [0.717, 1.165) is 0 Å². The molecule has 0 aromatic rings. The Morgan fingerprint density at radius 3 is 2.17 bits per heavy atom. The molecule has 12 heavy (non-hydrogen) atoms. The Morgan fingerprint density at radius 1 is 1.42 bits per heavy atom. The summed E-state index contributed by atoms with van der Waals surface area (Å²) in [6.07, 6.45) is -0.951. The second kappa shape index (κ2) is 4.83. The van der Waals surface area contributed by atoms with Crippen molar-refractivity contribution in [2.75, 3.05) is 6.61 Å². The van der Waals surface area contributed by atoms with Gasteiger partial charge in [-0.2, -0.15) is 0 Å². The van der Waals surface area contributed by atoms with E-state index in [4.69, 9.17) is 4.74 Å². The molecule has 0 saturated heterocycles. The number of Topliss-reactive ketones (excluding diaryl/α,β-unsaturated/α-hetero) is 2. The first kappa shape index (κ1) is 11.0. The number of carbonyl (C=O) groups is 2. The lowest BCUT2D eigenvalue weighted by atomic mass is 10.1. The van der Waals surface area contributed by atoms with E-state index >= 15 is 0 Å². The third-order valence-electron chi connectivity index (χ3n) is 1.36. The van der Waals surface area contributed by atoms with Crippen LogP contribution in [0.15, 0.2) is 12.2 Å². The molecule has 3 nitrogen and oxygen atoms in total. The van der Waals surface area contributed by atoms with Gasteiger partial charge < -0.3 is 4.74 Å². The largest absolute Gasteiger partial charge is 0.362 e. The highest BCUT2D eigenvalue weighted by molar-refractivity contribution is 6.11. The van der Waals surface area contributed by atoms with E-state index < -0.39 is 6.10 Å². The molecule has 0 heterocycles. The fourth-order valence-corrected chi connectivity index (χ4v) is 0.768. The minimum absolute atomic E-state index is 0.273. The van der Waals surface area contributed by atoms with Crippen LogP contribution < -0.4 is 0 Å². The Labute approximate surface area is 72.4 Å². The van der Waals surface area contributed by atoms with Gasteiger partial charge in [0.2, 0.25) is 0 Å². The standard InChI is InChI=1S/C9H14O3/c1-5-12-9(7(4)10)8(11)6(2)3/h9H,2,5H2,1,3-4H3. The van der Waals surface area contributed by atoms with Crippen molar-refractivity contribution in [3.05, 3.63) is 12.2 Å². The van der Waals surface area contributed by atoms with E-state index in [9.17, 15) is 9.59 Å². The molecule has 0 N–H and O–H groups in total. The predicted octanol–water partition coefficient (Wildman–Crippen LogP) is 1.13. The summed E-state index contributed by atoms with van der Waals surface area (Å²) in [5, 5.41) is 0. The van der Waals surface area contributed by atoms with Crippen molar-refractivity contribution >= 4 is 11.6 Å². The molecule has 0 aliphatic rings. The lowest BCUT2D eigenvalue weighted by Crippen LogP contribution is -2.31. The van der Waals surface area contributed by atoms with Gasteiger partial charge in [-0.15, -0.1) is 0 Å². The first-order valence-corrected chi connectivity index (χ1v) is 3.82. The summed E-state index contributed by atoms with van der Waals surface area (Å²) >= 11 is 0. The molecule has 0 aliphatic heterocycles. The lowest BCUT2D eigenvalue weighted by Gasteiger charge is -2.11. The number of ether oxygens (including phenoxy) is 1. The lowest BCUT2D eigenvalue weighted by molar-refractivity contribution is -0.138. The topological polar surface area (TPSA) is 43.4 Å². The van der Waals surface area contributed by atoms with Crippen molar-refractivity contribution in [1.29, 1.82) is 0 Å². The second-order valence-electron chi connectivity index (χ2n) is 2.59. The van der Waals surface area contributed by atoms with Crippen LogP contribution in [0.25, 0.3) is 0 Å². The van der Waals surface area contributed by atoms with E-state index in [1.165, 1.54) is 6.92 Å². The Hall–Kier alpha value is -0.960. The van der Waals surface area contributed by atoms with Gasteiger partial charge in [-0.05, 0) is 26.3 Å². The van der Waals surface area contributed by atoms with Gasteiger partial charge in [0.25, 0.3) is 0 Å². The minimum atomic E-state index is -0.951. The van der Waals surface area contributed by atoms with Crippen molar-refractivity contribution in [3.63, 3.8) is 0 Å². The number of hydrogen-bond acceptors (Lipinski definition) is 3. The van der Waals surface area contributed by atoms with E-state index in [1.54, 1.807) is 13.8 Å². The maximum Gasteiger partial charge on any atom is 0.194 e. The van der Waals surface area contributed by atoms with Gasteiger partial charge in [-0.3, -0.25) is 9.59 Å². The van der Waals surface area contributed by atoms with Crippen LogP contribution in [-0.2, 0) is 14.3 Å². The molecule has 3 heteroatoms. The third-order valence-corrected chi connectivity index (χ3v) is 1.36. The molecule has 0 radical (unpaired) electrons. The van der Waals surface area contributed by atoms with Crippen LogP contribution in [0, 0.1) is 0 Å². The zero-order chi connectivity index (χ0) is 9.72. The molecule has 0 aromatic carbocycles. The first-order chi connectivity index (χ1) is 5.50. The Morgan fingerprint density at radius 2 is 1.92 bits per heavy atom. The van der Waals surface area contributed by atoms with E-state index in [1.807, 2.05) is 0 Å². The van der Waals surface area contributed by atoms with Crippen molar-refractivity contribution < 1.29 is 14.3 Å². The summed E-state index contributed by atoms with van der Waals surface area (Å²) in [5.41, 5.74) is 0.351. The summed E-state index contributed by atoms with van der Waals surface area (Å²) < 4.78 is 4.97. The number of ketones is 2. The zero-order valence-corrected chi connectivity index (χ0v) is 7.72. The fourth-order valence-electron chi connectivity index (χ4n) is 0.768. The SMILES string of the molecule is C=C(C)C(=O)C(OCC)C(C)=O. The summed E-state index contributed by atoms with van der Waals surface area (Å²) in [6, 6.07) is 0. The van der Waals surface area contributed by atoms with Crippen molar-refractivity contribution in [1.82, 2.24) is 0 Å². The summed E-state index contributed by atoms with van der Waals surface area (Å²) in [4.78, 5) is 22.1. The highest BCUT2D eigenvalue weighted by atomic mass is 16.5. The monoisotopic (exact) mass is 170 g/mol. The highest BCUT2D eigenvalue weighted by Gasteiger charge is 2.23. The molecule has 1 atom stereocenters. The van der Waals surface area contributed by atoms with Crippen molar-refractivity contribution in [3.8, 4) is 0 Å². The van der Waals surface area contributed by atoms with Gasteiger partial charge in [-0.1, -0.05) is 6.58 Å². The Kier molecular flexibility index (Phi) is 4.44. The van der Waals surface area contributed by atoms with Crippen molar-refractivity contribution in [2.45, 2.75) is 26.9 Å². The van der Waals surface area contributed by atoms with Gasteiger partial charge in [-0.25, -0.2) is 0 Å². The van der Waals surface area contributed by atoms with Crippen LogP contribution in [0.1, 0.15) is 20.8 Å². The first-order valence-electron chi connectivity index (χ1n) is 3.82. The molecule has 0 amide bonds. The van der Waals surface area contributed by atoms with Gasteiger partial charge >= 0.3 is 0 Å². The molecule has 1 unspecified atom stereocenters. The maximum atomic E-state index is 11.2. The van der Waals surface area contributed by atoms with Gasteiger partial charge in [0.1, 0.15) is 0 Å². The summed E-state index contributed by atoms with van der Waals surface area (Å²) in [5.74, 6) is -0.603. The van der Waals surface area contributed by atoms with Crippen LogP contribution in [0.5, 0.6) is 0 Å². The van der Waals surface area contributed by atoms with Gasteiger partial charge in [0.15, 0.2) is 17.7 Å². The average Bonchev–Trinajstić information content (AvgIpc) is 1.98. The van der Waals surface area contributed by atoms with Crippen LogP contribution in [-0.4, -0.2) is 24.3 Å². The zero-order valence-electron chi connectivity index (χ0n) is 7.72. The Balaban J connectivity index is 4.40. The fraction of sp³-hybridized carbons (Fsp3) is 0.556. The molecule has 0 saturated carbocycles. The predicted molar refractivity (Wildman–Crippen MR) is 45.9 cm³/mol. The normalized spacial score (nSPS) is 12.2. The quantitative estimate of drug-likeness (QED) is 0.459. The molecule has 0 aliphatic carbocycles. The molecule has 0 aromatic heterocycles. The Bertz CT molecular complexity index is 206. The molecule has 0 rings (SSSR count). The number of rotatable bonds is 5. The van der Waals surface area contributed by atoms with Crippen LogP contribution >= 0.6 is 0 Å². The molecule has 0 spiro atoms. The van der Waals surface area contributed by atoms with Crippen LogP contribution in [0.2, 0.25) is 0 Å². The number of carbonyl (C=O) groups excluding carboxylic acids is 2. The van der Waals surface area contributed by atoms with Crippen molar-refractivity contribution in [2.24, 2.45) is 0 Å². The third kappa shape index (κ3) is 2.96. The molecular weight excluding hydrogens is 156 g/mol. The molecule has 68 valence electrons. The summed E-state index contributed by atoms with van der Waals surface area (Å²) in [6.45, 7) is 8.45. The van der Waals surface area contributed by atoms with E-state index in [-0.39, 0.29) is 11.6 Å². The van der Waals surface area contributed by atoms with Crippen LogP contribution in [0.3, 0.4) is 0 Å². The van der Waals surface area contributed by atoms with E-state index in [2.05, 4.69) is 6.58 Å². The van der Waals surface area contributed by atoms with Crippen LogP contribution in [0.4, 0.5) is 0 Å². The molecule has 0 bridgehead atoms. The minimum Gasteiger partial charge on any atom is -0.362 e. The van der Waals surface area contributed by atoms with Gasteiger partial charge in [0, 0.05) is 6.61 Å². The second-order valence-corrected chi connectivity index (χ2v) is 2.59. The maximum absolute atomic E-state index is 11.2. The smallest absolute Gasteiger partial charge is 0.194 e. The summed E-state index contributed by atoms with van der Waals surface area (Å²) in [7, 11) is 0. The van der Waals surface area contributed by atoms with Gasteiger partial charge in [0.05, 0.1) is 0 Å².